The molecule has 1 aromatic carbocycles. The normalized spacial score (nSPS) is 17.6. The summed E-state index contributed by atoms with van der Waals surface area (Å²) in [4.78, 5) is 18.1. The number of alkyl halides is 3. The minimum atomic E-state index is -4.42. The van der Waals surface area contributed by atoms with E-state index >= 15 is 0 Å². The van der Waals surface area contributed by atoms with Gasteiger partial charge in [0, 0.05) is 25.1 Å². The molecule has 2 fully saturated rings. The Hall–Kier alpha value is -2.33. The zero-order chi connectivity index (χ0) is 24.3. The summed E-state index contributed by atoms with van der Waals surface area (Å²) in [5, 5.41) is 0. The van der Waals surface area contributed by atoms with Gasteiger partial charge in [-0.15, -0.1) is 0 Å². The summed E-state index contributed by atoms with van der Waals surface area (Å²) in [6.07, 6.45) is 2.17. The van der Waals surface area contributed by atoms with E-state index in [4.69, 9.17) is 4.74 Å². The topological polar surface area (TPSA) is 54.5 Å². The number of likely N-dealkylation sites (tertiary alicyclic amines) is 1. The number of pyridine rings is 1. The molecule has 2 heterocycles. The maximum absolute atomic E-state index is 14.6. The molecule has 2 aliphatic rings. The first-order valence-electron chi connectivity index (χ1n) is 11.3. The number of hydrogen-bond acceptors (Lipinski definition) is 5. The zero-order valence-electron chi connectivity index (χ0n) is 18.8. The van der Waals surface area contributed by atoms with Gasteiger partial charge in [0.1, 0.15) is 11.6 Å². The molecule has 0 bridgehead atoms. The van der Waals surface area contributed by atoms with Gasteiger partial charge in [-0.3, -0.25) is 19.4 Å². The molecule has 1 aromatic heterocycles. The van der Waals surface area contributed by atoms with Gasteiger partial charge in [-0.1, -0.05) is 11.9 Å². The molecule has 5 nitrogen and oxygen atoms in total. The molecule has 1 amide bonds. The first-order chi connectivity index (χ1) is 16.3. The maximum Gasteiger partial charge on any atom is 0.418 e. The van der Waals surface area contributed by atoms with Gasteiger partial charge in [0.25, 0.3) is 5.91 Å². The van der Waals surface area contributed by atoms with Crippen LogP contribution < -0.4 is 9.46 Å². The van der Waals surface area contributed by atoms with Crippen LogP contribution in [-0.2, 0) is 12.7 Å². The summed E-state index contributed by atoms with van der Waals surface area (Å²) in [5.41, 5.74) is 0.231. The maximum atomic E-state index is 14.6. The minimum absolute atomic E-state index is 0.0182. The van der Waals surface area contributed by atoms with Crippen LogP contribution in [0.4, 0.5) is 17.6 Å². The fourth-order valence-corrected chi connectivity index (χ4v) is 4.58. The highest BCUT2D eigenvalue weighted by Crippen LogP contribution is 2.45. The Balaban J connectivity index is 1.34. The molecule has 1 N–H and O–H groups in total. The van der Waals surface area contributed by atoms with Crippen molar-refractivity contribution in [2.75, 3.05) is 26.0 Å². The third kappa shape index (κ3) is 6.02. The SMILES string of the molecule is CSNC(=O)c1cc(C2CC2)c(OCC2CCN(Cc3ncccc3C(F)(F)F)CC2)cc1F. The molecule has 10 heteroatoms. The Morgan fingerprint density at radius 3 is 2.62 bits per heavy atom. The summed E-state index contributed by atoms with van der Waals surface area (Å²) in [7, 11) is 0. The van der Waals surface area contributed by atoms with Crippen molar-refractivity contribution in [2.24, 2.45) is 5.92 Å². The number of carbonyl (C=O) groups excluding carboxylic acids is 1. The number of ether oxygens (including phenoxy) is 1. The first-order valence-corrected chi connectivity index (χ1v) is 12.5. The monoisotopic (exact) mass is 497 g/mol. The lowest BCUT2D eigenvalue weighted by Crippen LogP contribution is -2.36. The number of hydrogen-bond donors (Lipinski definition) is 1. The van der Waals surface area contributed by atoms with E-state index < -0.39 is 23.5 Å². The van der Waals surface area contributed by atoms with Crippen LogP contribution in [0.25, 0.3) is 0 Å². The smallest absolute Gasteiger partial charge is 0.418 e. The summed E-state index contributed by atoms with van der Waals surface area (Å²) in [6.45, 7) is 1.83. The molecule has 1 saturated carbocycles. The van der Waals surface area contributed by atoms with Crippen LogP contribution in [-0.4, -0.2) is 41.7 Å². The van der Waals surface area contributed by atoms with Crippen LogP contribution in [0.1, 0.15) is 58.8 Å². The van der Waals surface area contributed by atoms with Crippen molar-refractivity contribution in [3.8, 4) is 5.75 Å². The van der Waals surface area contributed by atoms with Gasteiger partial charge in [-0.2, -0.15) is 13.2 Å². The molecule has 2 aromatic rings. The number of carbonyl (C=O) groups is 1. The quantitative estimate of drug-likeness (QED) is 0.390. The number of aromatic nitrogens is 1. The van der Waals surface area contributed by atoms with Gasteiger partial charge < -0.3 is 4.74 Å². The van der Waals surface area contributed by atoms with Crippen molar-refractivity contribution < 1.29 is 27.1 Å². The second-order valence-electron chi connectivity index (χ2n) is 8.81. The molecular formula is C24H27F4N3O2S. The highest BCUT2D eigenvalue weighted by atomic mass is 32.2. The average molecular weight is 498 g/mol. The number of piperidine rings is 1. The lowest BCUT2D eigenvalue weighted by Gasteiger charge is -2.32. The molecule has 1 aliphatic heterocycles. The summed E-state index contributed by atoms with van der Waals surface area (Å²) >= 11 is 1.12. The van der Waals surface area contributed by atoms with E-state index in [0.29, 0.717) is 25.4 Å². The minimum Gasteiger partial charge on any atom is -0.493 e. The summed E-state index contributed by atoms with van der Waals surface area (Å²) in [5.74, 6) is -0.105. The van der Waals surface area contributed by atoms with Gasteiger partial charge >= 0.3 is 6.18 Å². The Morgan fingerprint density at radius 2 is 1.97 bits per heavy atom. The van der Waals surface area contributed by atoms with E-state index in [-0.39, 0.29) is 29.6 Å². The molecule has 4 rings (SSSR count). The van der Waals surface area contributed by atoms with Crippen molar-refractivity contribution in [1.29, 1.82) is 0 Å². The van der Waals surface area contributed by atoms with Crippen LogP contribution in [0.2, 0.25) is 0 Å². The predicted molar refractivity (Wildman–Crippen MR) is 122 cm³/mol. The average Bonchev–Trinajstić information content (AvgIpc) is 3.64. The number of rotatable bonds is 8. The third-order valence-electron chi connectivity index (χ3n) is 6.31. The second-order valence-corrected chi connectivity index (χ2v) is 9.42. The van der Waals surface area contributed by atoms with Crippen LogP contribution in [0.15, 0.2) is 30.5 Å². The summed E-state index contributed by atoms with van der Waals surface area (Å²) < 4.78 is 62.8. The van der Waals surface area contributed by atoms with Crippen LogP contribution in [0.5, 0.6) is 5.75 Å². The molecule has 0 spiro atoms. The molecule has 0 unspecified atom stereocenters. The Morgan fingerprint density at radius 1 is 1.24 bits per heavy atom. The largest absolute Gasteiger partial charge is 0.493 e. The Bertz CT molecular complexity index is 1020. The lowest BCUT2D eigenvalue weighted by molar-refractivity contribution is -0.138. The standard InChI is InChI=1S/C24H27F4N3O2S/c1-34-30-23(32)18-11-17(16-4-5-16)22(12-20(18)25)33-14-15-6-9-31(10-7-15)13-21-19(24(26,27)28)3-2-8-29-21/h2-3,8,11-12,15-16H,4-7,9-10,13-14H2,1H3,(H,30,32). The molecule has 184 valence electrons. The van der Waals surface area contributed by atoms with Crippen LogP contribution in [0.3, 0.4) is 0 Å². The first kappa shape index (κ1) is 24.8. The van der Waals surface area contributed by atoms with E-state index in [1.165, 1.54) is 18.3 Å². The van der Waals surface area contributed by atoms with Crippen LogP contribution >= 0.6 is 11.9 Å². The van der Waals surface area contributed by atoms with Gasteiger partial charge in [-0.05, 0) is 74.4 Å². The van der Waals surface area contributed by atoms with Gasteiger partial charge in [0.15, 0.2) is 0 Å². The van der Waals surface area contributed by atoms with Crippen molar-refractivity contribution >= 4 is 17.9 Å². The molecule has 34 heavy (non-hydrogen) atoms. The zero-order valence-corrected chi connectivity index (χ0v) is 19.6. The fourth-order valence-electron chi connectivity index (χ4n) is 4.28. The summed E-state index contributed by atoms with van der Waals surface area (Å²) in [6, 6.07) is 5.27. The number of amides is 1. The number of nitrogens with one attached hydrogen (secondary N) is 1. The van der Waals surface area contributed by atoms with E-state index in [1.54, 1.807) is 12.3 Å². The number of benzene rings is 1. The molecule has 0 atom stereocenters. The van der Waals surface area contributed by atoms with Crippen molar-refractivity contribution in [2.45, 2.75) is 44.3 Å². The lowest BCUT2D eigenvalue weighted by atomic mass is 9.97. The Labute approximate surface area is 200 Å². The molecule has 1 aliphatic carbocycles. The van der Waals surface area contributed by atoms with Gasteiger partial charge in [0.2, 0.25) is 0 Å². The van der Waals surface area contributed by atoms with Crippen LogP contribution in [0, 0.1) is 11.7 Å². The van der Waals surface area contributed by atoms with Gasteiger partial charge in [0.05, 0.1) is 23.4 Å². The van der Waals surface area contributed by atoms with Crippen molar-refractivity contribution in [3.63, 3.8) is 0 Å². The van der Waals surface area contributed by atoms with E-state index in [0.717, 1.165) is 49.3 Å². The van der Waals surface area contributed by atoms with E-state index in [2.05, 4.69) is 9.71 Å². The highest BCUT2D eigenvalue weighted by Gasteiger charge is 2.35. The van der Waals surface area contributed by atoms with Crippen molar-refractivity contribution in [1.82, 2.24) is 14.6 Å². The Kier molecular flexibility index (Phi) is 7.67. The third-order valence-corrected chi connectivity index (χ3v) is 6.70. The van der Waals surface area contributed by atoms with Crippen molar-refractivity contribution in [3.05, 3.63) is 58.7 Å². The highest BCUT2D eigenvalue weighted by molar-refractivity contribution is 7.97. The fraction of sp³-hybridized carbons (Fsp3) is 0.500. The molecule has 0 radical (unpaired) electrons. The second kappa shape index (κ2) is 10.5. The number of halogens is 4. The van der Waals surface area contributed by atoms with E-state index in [9.17, 15) is 22.4 Å². The number of nitrogens with zero attached hydrogens (tertiary/aromatic N) is 2. The predicted octanol–water partition coefficient (Wildman–Crippen LogP) is 5.42. The van der Waals surface area contributed by atoms with E-state index in [1.807, 2.05) is 4.90 Å². The van der Waals surface area contributed by atoms with Gasteiger partial charge in [-0.25, -0.2) is 4.39 Å². The molecule has 1 saturated heterocycles. The molecular weight excluding hydrogens is 470 g/mol.